The van der Waals surface area contributed by atoms with Crippen molar-refractivity contribution in [1.82, 2.24) is 5.06 Å². The molecule has 1 fully saturated rings. The van der Waals surface area contributed by atoms with Crippen LogP contribution in [0.25, 0.3) is 0 Å². The van der Waals surface area contributed by atoms with Crippen LogP contribution in [0, 0.1) is 5.92 Å². The first-order valence-electron chi connectivity index (χ1n) is 8.73. The minimum Gasteiger partial charge on any atom is -0.394 e. The number of hydrogen-bond acceptors (Lipinski definition) is 5. The van der Waals surface area contributed by atoms with Crippen molar-refractivity contribution in [2.24, 2.45) is 5.92 Å². The molecule has 1 aliphatic rings. The Morgan fingerprint density at radius 1 is 1.17 bits per heavy atom. The van der Waals surface area contributed by atoms with Crippen molar-refractivity contribution in [2.45, 2.75) is 63.8 Å². The maximum Gasteiger partial charge on any atom is 0.112 e. The highest BCUT2D eigenvalue weighted by Crippen LogP contribution is 2.45. The van der Waals surface area contributed by atoms with Gasteiger partial charge in [-0.05, 0) is 31.2 Å². The normalized spacial score (nSPS) is 29.3. The molecule has 2 rings (SSSR count). The molecular weight excluding hydrogens is 306 g/mol. The molecule has 1 aromatic carbocycles. The van der Waals surface area contributed by atoms with Gasteiger partial charge < -0.3 is 15.3 Å². The van der Waals surface area contributed by atoms with Crippen molar-refractivity contribution in [2.75, 3.05) is 13.2 Å². The second kappa shape index (κ2) is 7.93. The predicted octanol–water partition coefficient (Wildman–Crippen LogP) is 2.10. The van der Waals surface area contributed by atoms with Crippen molar-refractivity contribution in [1.29, 1.82) is 0 Å². The molecule has 5 nitrogen and oxygen atoms in total. The maximum atomic E-state index is 10.1. The van der Waals surface area contributed by atoms with Gasteiger partial charge in [0, 0.05) is 13.0 Å². The first-order valence-corrected chi connectivity index (χ1v) is 8.73. The Labute approximate surface area is 144 Å². The van der Waals surface area contributed by atoms with E-state index in [0.29, 0.717) is 25.3 Å². The summed E-state index contributed by atoms with van der Waals surface area (Å²) >= 11 is 0. The molecule has 3 N–H and O–H groups in total. The molecule has 0 spiro atoms. The number of benzene rings is 1. The Morgan fingerprint density at radius 3 is 2.38 bits per heavy atom. The molecule has 0 aliphatic carbocycles. The largest absolute Gasteiger partial charge is 0.394 e. The Hall–Kier alpha value is -0.980. The second-order valence-corrected chi connectivity index (χ2v) is 7.76. The van der Waals surface area contributed by atoms with E-state index in [9.17, 15) is 15.3 Å². The summed E-state index contributed by atoms with van der Waals surface area (Å²) in [7, 11) is 0. The van der Waals surface area contributed by atoms with E-state index in [2.05, 4.69) is 13.8 Å². The first kappa shape index (κ1) is 19.3. The second-order valence-electron chi connectivity index (χ2n) is 7.76. The van der Waals surface area contributed by atoms with Crippen molar-refractivity contribution in [3.05, 3.63) is 35.9 Å². The van der Waals surface area contributed by atoms with Crippen molar-refractivity contribution >= 4 is 0 Å². The molecule has 1 aromatic rings. The van der Waals surface area contributed by atoms with Gasteiger partial charge in [0.2, 0.25) is 0 Å². The fraction of sp³-hybridized carbons (Fsp3) is 0.684. The number of aliphatic hydroxyl groups is 3. The lowest BCUT2D eigenvalue weighted by molar-refractivity contribution is -0.238. The minimum absolute atomic E-state index is 0.0760. The van der Waals surface area contributed by atoms with Crippen molar-refractivity contribution in [3.63, 3.8) is 0 Å². The van der Waals surface area contributed by atoms with Crippen molar-refractivity contribution < 1.29 is 20.2 Å². The Kier molecular flexibility index (Phi) is 6.39. The SMILES string of the molecule is CC(C)C[C@]1(CC(O)CO)C[C@](C)(CO)ON1Cc1ccccc1. The summed E-state index contributed by atoms with van der Waals surface area (Å²) in [6.07, 6.45) is 1.07. The average molecular weight is 337 g/mol. The third-order valence-corrected chi connectivity index (χ3v) is 4.68. The zero-order chi connectivity index (χ0) is 17.8. The third-order valence-electron chi connectivity index (χ3n) is 4.68. The maximum absolute atomic E-state index is 10.1. The van der Waals surface area contributed by atoms with Crippen LogP contribution in [-0.2, 0) is 11.4 Å². The highest BCUT2D eigenvalue weighted by molar-refractivity contribution is 5.15. The highest BCUT2D eigenvalue weighted by Gasteiger charge is 2.53. The monoisotopic (exact) mass is 337 g/mol. The summed E-state index contributed by atoms with van der Waals surface area (Å²) in [6, 6.07) is 10.0. The van der Waals surface area contributed by atoms with E-state index in [1.165, 1.54) is 0 Å². The molecule has 24 heavy (non-hydrogen) atoms. The van der Waals surface area contributed by atoms with Crippen LogP contribution in [0.5, 0.6) is 0 Å². The molecule has 0 bridgehead atoms. The van der Waals surface area contributed by atoms with Gasteiger partial charge in [-0.15, -0.1) is 0 Å². The van der Waals surface area contributed by atoms with Gasteiger partial charge in [0.1, 0.15) is 5.60 Å². The molecule has 1 aliphatic heterocycles. The molecule has 136 valence electrons. The Balaban J connectivity index is 2.33. The fourth-order valence-electron chi connectivity index (χ4n) is 3.91. The van der Waals surface area contributed by atoms with E-state index >= 15 is 0 Å². The van der Waals surface area contributed by atoms with Gasteiger partial charge in [0.05, 0.1) is 24.9 Å². The van der Waals surface area contributed by atoms with Gasteiger partial charge >= 0.3 is 0 Å². The first-order chi connectivity index (χ1) is 11.3. The number of aliphatic hydroxyl groups excluding tert-OH is 3. The molecule has 1 saturated heterocycles. The van der Waals surface area contributed by atoms with Crippen molar-refractivity contribution in [3.8, 4) is 0 Å². The molecule has 0 saturated carbocycles. The van der Waals surface area contributed by atoms with E-state index in [-0.39, 0.29) is 13.2 Å². The fourth-order valence-corrected chi connectivity index (χ4v) is 3.91. The van der Waals surface area contributed by atoms with Gasteiger partial charge in [-0.1, -0.05) is 44.2 Å². The molecule has 5 heteroatoms. The molecule has 1 unspecified atom stereocenters. The molecular formula is C19H31NO4. The van der Waals surface area contributed by atoms with E-state index in [1.54, 1.807) is 0 Å². The number of hydroxylamine groups is 2. The molecule has 0 aromatic heterocycles. The van der Waals surface area contributed by atoms with E-state index in [0.717, 1.165) is 12.0 Å². The summed E-state index contributed by atoms with van der Waals surface area (Å²) in [5.41, 5.74) is 0.0361. The van der Waals surface area contributed by atoms with Gasteiger partial charge in [0.25, 0.3) is 0 Å². The lowest BCUT2D eigenvalue weighted by Gasteiger charge is -2.39. The Bertz CT molecular complexity index is 509. The van der Waals surface area contributed by atoms with Crippen LogP contribution in [0.4, 0.5) is 0 Å². The zero-order valence-corrected chi connectivity index (χ0v) is 15.0. The summed E-state index contributed by atoms with van der Waals surface area (Å²) < 4.78 is 0. The molecule has 0 amide bonds. The van der Waals surface area contributed by atoms with Crippen LogP contribution in [-0.4, -0.2) is 50.8 Å². The molecule has 3 atom stereocenters. The highest BCUT2D eigenvalue weighted by atomic mass is 16.7. The molecule has 1 heterocycles. The molecule has 0 radical (unpaired) electrons. The van der Waals surface area contributed by atoms with Crippen LogP contribution >= 0.6 is 0 Å². The quantitative estimate of drug-likeness (QED) is 0.677. The standard InChI is InChI=1S/C19H31NO4/c1-15(2)9-19(10-17(23)12-21)13-18(3,14-22)24-20(19)11-16-7-5-4-6-8-16/h4-8,15,17,21-23H,9-14H2,1-3H3/t17?,18-,19+/m1/s1. The van der Waals surface area contributed by atoms with Crippen LogP contribution < -0.4 is 0 Å². The predicted molar refractivity (Wildman–Crippen MR) is 93.1 cm³/mol. The third kappa shape index (κ3) is 4.55. The lowest BCUT2D eigenvalue weighted by atomic mass is 9.77. The van der Waals surface area contributed by atoms with E-state index in [4.69, 9.17) is 4.84 Å². The minimum atomic E-state index is -0.799. The number of hydrogen-bond donors (Lipinski definition) is 3. The van der Waals surface area contributed by atoms with Gasteiger partial charge in [0.15, 0.2) is 0 Å². The van der Waals surface area contributed by atoms with Gasteiger partial charge in [-0.25, -0.2) is 0 Å². The Morgan fingerprint density at radius 2 is 1.83 bits per heavy atom. The number of rotatable bonds is 8. The van der Waals surface area contributed by atoms with E-state index in [1.807, 2.05) is 42.3 Å². The van der Waals surface area contributed by atoms with Crippen LogP contribution in [0.2, 0.25) is 0 Å². The summed E-state index contributed by atoms with van der Waals surface area (Å²) in [5, 5.41) is 31.2. The van der Waals surface area contributed by atoms with Gasteiger partial charge in [-0.3, -0.25) is 4.84 Å². The smallest absolute Gasteiger partial charge is 0.112 e. The zero-order valence-electron chi connectivity index (χ0n) is 15.0. The van der Waals surface area contributed by atoms with Gasteiger partial charge in [-0.2, -0.15) is 5.06 Å². The van der Waals surface area contributed by atoms with E-state index < -0.39 is 17.2 Å². The van der Waals surface area contributed by atoms with Crippen LogP contribution in [0.15, 0.2) is 30.3 Å². The topological polar surface area (TPSA) is 73.2 Å². The summed E-state index contributed by atoms with van der Waals surface area (Å²) in [4.78, 5) is 6.15. The number of nitrogens with zero attached hydrogens (tertiary/aromatic N) is 1. The lowest BCUT2D eigenvalue weighted by Crippen LogP contribution is -2.46. The average Bonchev–Trinajstić information content (AvgIpc) is 2.80. The summed E-state index contributed by atoms with van der Waals surface area (Å²) in [6.45, 7) is 6.42. The van der Waals surface area contributed by atoms with Crippen LogP contribution in [0.3, 0.4) is 0 Å². The van der Waals surface area contributed by atoms with Crippen LogP contribution in [0.1, 0.15) is 45.6 Å². The summed E-state index contributed by atoms with van der Waals surface area (Å²) in [5.74, 6) is 0.402.